The fraction of sp³-hybridized carbons (Fsp3) is 0.300. The maximum Gasteiger partial charge on any atom is 0.165 e. The number of tetrazole rings is 1. The zero-order valence-corrected chi connectivity index (χ0v) is 10.5. The third kappa shape index (κ3) is 2.65. The minimum absolute atomic E-state index is 0.668. The van der Waals surface area contributed by atoms with E-state index in [4.69, 9.17) is 0 Å². The first kappa shape index (κ1) is 11.2. The van der Waals surface area contributed by atoms with Crippen molar-refractivity contribution in [3.63, 3.8) is 0 Å². The summed E-state index contributed by atoms with van der Waals surface area (Å²) < 4.78 is 2.85. The lowest BCUT2D eigenvalue weighted by Crippen LogP contribution is -2.14. The van der Waals surface area contributed by atoms with Gasteiger partial charge in [0.25, 0.3) is 0 Å². The van der Waals surface area contributed by atoms with Gasteiger partial charge >= 0.3 is 0 Å². The Kier molecular flexibility index (Phi) is 3.63. The van der Waals surface area contributed by atoms with E-state index in [9.17, 15) is 0 Å². The number of rotatable bonds is 4. The topological polar surface area (TPSA) is 55.6 Å². The van der Waals surface area contributed by atoms with Crippen LogP contribution in [0.15, 0.2) is 28.7 Å². The second kappa shape index (κ2) is 5.18. The molecule has 6 heteroatoms. The van der Waals surface area contributed by atoms with Crippen molar-refractivity contribution >= 4 is 15.9 Å². The van der Waals surface area contributed by atoms with Gasteiger partial charge in [-0.2, -0.15) is 0 Å². The molecule has 84 valence electrons. The highest BCUT2D eigenvalue weighted by atomic mass is 79.9. The molecule has 0 saturated heterocycles. The molecule has 5 nitrogen and oxygen atoms in total. The number of nitrogens with one attached hydrogen (secondary N) is 1. The Bertz CT molecular complexity index is 468. The number of benzene rings is 1. The first-order valence-electron chi connectivity index (χ1n) is 4.93. The molecule has 16 heavy (non-hydrogen) atoms. The van der Waals surface area contributed by atoms with E-state index in [-0.39, 0.29) is 0 Å². The summed E-state index contributed by atoms with van der Waals surface area (Å²) >= 11 is 3.44. The normalized spacial score (nSPS) is 10.6. The van der Waals surface area contributed by atoms with Crippen LogP contribution in [-0.4, -0.2) is 27.3 Å². The molecule has 0 spiro atoms. The summed E-state index contributed by atoms with van der Waals surface area (Å²) in [6, 6.07) is 8.11. The first-order chi connectivity index (χ1) is 7.79. The zero-order valence-electron chi connectivity index (χ0n) is 8.89. The standard InChI is InChI=1S/C10H12BrN5/c1-12-6-10-13-14-15-16(10)7-8-3-2-4-9(11)5-8/h2-5,12H,6-7H2,1H3. The van der Waals surface area contributed by atoms with Crippen molar-refractivity contribution in [2.75, 3.05) is 7.05 Å². The molecule has 2 aromatic rings. The maximum atomic E-state index is 3.96. The molecule has 0 atom stereocenters. The van der Waals surface area contributed by atoms with Gasteiger partial charge in [0.05, 0.1) is 13.1 Å². The summed E-state index contributed by atoms with van der Waals surface area (Å²) in [5, 5.41) is 14.6. The molecule has 0 aliphatic carbocycles. The quantitative estimate of drug-likeness (QED) is 0.915. The Balaban J connectivity index is 2.17. The van der Waals surface area contributed by atoms with Crippen LogP contribution in [0.4, 0.5) is 0 Å². The molecule has 0 bridgehead atoms. The lowest BCUT2D eigenvalue weighted by molar-refractivity contribution is 0.601. The molecule has 0 amide bonds. The summed E-state index contributed by atoms with van der Waals surface area (Å²) in [5.41, 5.74) is 1.17. The van der Waals surface area contributed by atoms with E-state index >= 15 is 0 Å². The van der Waals surface area contributed by atoms with Crippen molar-refractivity contribution in [1.82, 2.24) is 25.5 Å². The Labute approximate surface area is 102 Å². The van der Waals surface area contributed by atoms with Crippen molar-refractivity contribution < 1.29 is 0 Å². The molecule has 1 heterocycles. The van der Waals surface area contributed by atoms with Crippen molar-refractivity contribution in [2.45, 2.75) is 13.1 Å². The van der Waals surface area contributed by atoms with E-state index in [1.54, 1.807) is 4.68 Å². The number of nitrogens with zero attached hydrogens (tertiary/aromatic N) is 4. The SMILES string of the molecule is CNCc1nnnn1Cc1cccc(Br)c1. The molecule has 0 unspecified atom stereocenters. The summed E-state index contributed by atoms with van der Waals surface area (Å²) in [7, 11) is 1.87. The monoisotopic (exact) mass is 281 g/mol. The minimum Gasteiger partial charge on any atom is -0.313 e. The molecule has 0 aliphatic rings. The molecule has 1 aromatic heterocycles. The van der Waals surface area contributed by atoms with Crippen LogP contribution in [0.2, 0.25) is 0 Å². The van der Waals surface area contributed by atoms with Crippen LogP contribution < -0.4 is 5.32 Å². The predicted molar refractivity (Wildman–Crippen MR) is 63.8 cm³/mol. The van der Waals surface area contributed by atoms with E-state index in [1.807, 2.05) is 19.2 Å². The van der Waals surface area contributed by atoms with Crippen molar-refractivity contribution in [3.8, 4) is 0 Å². The second-order valence-electron chi connectivity index (χ2n) is 3.41. The van der Waals surface area contributed by atoms with Gasteiger partial charge in [-0.15, -0.1) is 5.10 Å². The predicted octanol–water partition coefficient (Wildman–Crippen LogP) is 1.20. The van der Waals surface area contributed by atoms with Crippen molar-refractivity contribution in [2.24, 2.45) is 0 Å². The van der Waals surface area contributed by atoms with Gasteiger partial charge in [-0.3, -0.25) is 0 Å². The smallest absolute Gasteiger partial charge is 0.165 e. The molecular weight excluding hydrogens is 270 g/mol. The molecule has 0 fully saturated rings. The van der Waals surface area contributed by atoms with Gasteiger partial charge in [0.1, 0.15) is 0 Å². The largest absolute Gasteiger partial charge is 0.313 e. The van der Waals surface area contributed by atoms with Crippen LogP contribution >= 0.6 is 15.9 Å². The van der Waals surface area contributed by atoms with E-state index in [1.165, 1.54) is 5.56 Å². The minimum atomic E-state index is 0.668. The highest BCUT2D eigenvalue weighted by molar-refractivity contribution is 9.10. The van der Waals surface area contributed by atoms with Gasteiger partial charge < -0.3 is 5.32 Å². The summed E-state index contributed by atoms with van der Waals surface area (Å²) in [4.78, 5) is 0. The van der Waals surface area contributed by atoms with Crippen LogP contribution in [0.25, 0.3) is 0 Å². The Hall–Kier alpha value is -1.27. The van der Waals surface area contributed by atoms with E-state index in [0.29, 0.717) is 13.1 Å². The Morgan fingerprint density at radius 3 is 3.06 bits per heavy atom. The fourth-order valence-electron chi connectivity index (χ4n) is 1.44. The van der Waals surface area contributed by atoms with Gasteiger partial charge in [0.15, 0.2) is 5.82 Å². The Morgan fingerprint density at radius 1 is 1.44 bits per heavy atom. The molecule has 1 N–H and O–H groups in total. The van der Waals surface area contributed by atoms with Crippen molar-refractivity contribution in [3.05, 3.63) is 40.1 Å². The average molecular weight is 282 g/mol. The lowest BCUT2D eigenvalue weighted by atomic mass is 10.2. The molecule has 1 aromatic carbocycles. The van der Waals surface area contributed by atoms with Crippen LogP contribution in [0, 0.1) is 0 Å². The van der Waals surface area contributed by atoms with Crippen LogP contribution in [0.3, 0.4) is 0 Å². The van der Waals surface area contributed by atoms with E-state index in [0.717, 1.165) is 10.3 Å². The number of hydrogen-bond acceptors (Lipinski definition) is 4. The number of halogens is 1. The van der Waals surface area contributed by atoms with Gasteiger partial charge in [0.2, 0.25) is 0 Å². The third-order valence-electron chi connectivity index (χ3n) is 2.16. The highest BCUT2D eigenvalue weighted by Gasteiger charge is 2.05. The molecule has 0 radical (unpaired) electrons. The maximum absolute atomic E-state index is 3.96. The number of aromatic nitrogens is 4. The fourth-order valence-corrected chi connectivity index (χ4v) is 1.89. The lowest BCUT2D eigenvalue weighted by Gasteiger charge is -2.04. The summed E-state index contributed by atoms with van der Waals surface area (Å²) in [6.45, 7) is 1.35. The van der Waals surface area contributed by atoms with Gasteiger partial charge in [0, 0.05) is 4.47 Å². The van der Waals surface area contributed by atoms with Gasteiger partial charge in [-0.25, -0.2) is 4.68 Å². The van der Waals surface area contributed by atoms with E-state index in [2.05, 4.69) is 48.9 Å². The second-order valence-corrected chi connectivity index (χ2v) is 4.33. The molecule has 0 aliphatic heterocycles. The molecule has 0 saturated carbocycles. The number of hydrogen-bond donors (Lipinski definition) is 1. The summed E-state index contributed by atoms with van der Waals surface area (Å²) in [5.74, 6) is 0.836. The van der Waals surface area contributed by atoms with Crippen molar-refractivity contribution in [1.29, 1.82) is 0 Å². The zero-order chi connectivity index (χ0) is 11.4. The molecular formula is C10H12BrN5. The third-order valence-corrected chi connectivity index (χ3v) is 2.66. The summed E-state index contributed by atoms with van der Waals surface area (Å²) in [6.07, 6.45) is 0. The first-order valence-corrected chi connectivity index (χ1v) is 5.73. The van der Waals surface area contributed by atoms with Crippen LogP contribution in [-0.2, 0) is 13.1 Å². The highest BCUT2D eigenvalue weighted by Crippen LogP contribution is 2.12. The molecule has 2 rings (SSSR count). The Morgan fingerprint density at radius 2 is 2.31 bits per heavy atom. The average Bonchev–Trinajstić information content (AvgIpc) is 2.66. The van der Waals surface area contributed by atoms with Crippen LogP contribution in [0.1, 0.15) is 11.4 Å². The van der Waals surface area contributed by atoms with Gasteiger partial charge in [-0.05, 0) is 35.2 Å². The van der Waals surface area contributed by atoms with Crippen LogP contribution in [0.5, 0.6) is 0 Å². The van der Waals surface area contributed by atoms with Gasteiger partial charge in [-0.1, -0.05) is 28.1 Å². The van der Waals surface area contributed by atoms with E-state index < -0.39 is 0 Å².